The van der Waals surface area contributed by atoms with Gasteiger partial charge in [0.15, 0.2) is 5.82 Å². The van der Waals surface area contributed by atoms with Crippen LogP contribution in [0.25, 0.3) is 0 Å². The number of aromatic nitrogens is 3. The predicted octanol–water partition coefficient (Wildman–Crippen LogP) is 3.60. The van der Waals surface area contributed by atoms with E-state index in [1.807, 2.05) is 36.4 Å². The molecule has 0 amide bonds. The number of anilines is 3. The lowest BCUT2D eigenvalue weighted by Crippen LogP contribution is -2.47. The first kappa shape index (κ1) is 18.4. The van der Waals surface area contributed by atoms with Crippen LogP contribution in [-0.2, 0) is 6.54 Å². The number of hydrogen-bond donors (Lipinski definition) is 1. The summed E-state index contributed by atoms with van der Waals surface area (Å²) in [5.74, 6) is 1.04. The first-order chi connectivity index (χ1) is 13.7. The van der Waals surface area contributed by atoms with E-state index in [9.17, 15) is 4.39 Å². The van der Waals surface area contributed by atoms with Crippen LogP contribution in [0.3, 0.4) is 0 Å². The summed E-state index contributed by atoms with van der Waals surface area (Å²) >= 11 is 6.19. The molecule has 0 bridgehead atoms. The van der Waals surface area contributed by atoms with E-state index in [4.69, 9.17) is 11.6 Å². The van der Waals surface area contributed by atoms with Gasteiger partial charge in [-0.1, -0.05) is 29.8 Å². The molecule has 0 saturated carbocycles. The summed E-state index contributed by atoms with van der Waals surface area (Å²) in [5, 5.41) is 12.2. The van der Waals surface area contributed by atoms with Crippen molar-refractivity contribution in [1.82, 2.24) is 15.2 Å². The van der Waals surface area contributed by atoms with Crippen molar-refractivity contribution in [1.29, 1.82) is 0 Å². The first-order valence-corrected chi connectivity index (χ1v) is 9.49. The van der Waals surface area contributed by atoms with Crippen LogP contribution >= 0.6 is 11.6 Å². The van der Waals surface area contributed by atoms with Crippen molar-refractivity contribution in [2.24, 2.45) is 0 Å². The summed E-state index contributed by atoms with van der Waals surface area (Å²) < 4.78 is 13.1. The van der Waals surface area contributed by atoms with Crippen molar-refractivity contribution in [2.45, 2.75) is 6.54 Å². The Morgan fingerprint density at radius 3 is 2.43 bits per heavy atom. The number of benzene rings is 2. The zero-order chi connectivity index (χ0) is 19.3. The molecule has 3 aromatic rings. The van der Waals surface area contributed by atoms with Crippen molar-refractivity contribution in [3.05, 3.63) is 71.1 Å². The van der Waals surface area contributed by atoms with Crippen LogP contribution in [0.5, 0.6) is 0 Å². The fourth-order valence-corrected chi connectivity index (χ4v) is 3.36. The maximum Gasteiger partial charge on any atom is 0.247 e. The van der Waals surface area contributed by atoms with E-state index in [1.165, 1.54) is 12.1 Å². The second-order valence-electron chi connectivity index (χ2n) is 6.54. The maximum absolute atomic E-state index is 13.1. The third kappa shape index (κ3) is 4.31. The minimum absolute atomic E-state index is 0.219. The number of nitrogens with one attached hydrogen (secondary N) is 1. The molecule has 0 atom stereocenters. The minimum atomic E-state index is -0.219. The van der Waals surface area contributed by atoms with Gasteiger partial charge in [0.1, 0.15) is 5.82 Å². The highest BCUT2D eigenvalue weighted by atomic mass is 35.5. The average molecular weight is 399 g/mol. The molecule has 1 saturated heterocycles. The van der Waals surface area contributed by atoms with Gasteiger partial charge in [0.2, 0.25) is 5.95 Å². The number of piperazine rings is 1. The molecule has 6 nitrogen and oxygen atoms in total. The topological polar surface area (TPSA) is 57.2 Å². The van der Waals surface area contributed by atoms with Crippen molar-refractivity contribution < 1.29 is 4.39 Å². The molecule has 1 aliphatic heterocycles. The Hall–Kier alpha value is -2.93. The van der Waals surface area contributed by atoms with E-state index < -0.39 is 0 Å². The van der Waals surface area contributed by atoms with Gasteiger partial charge >= 0.3 is 0 Å². The van der Waals surface area contributed by atoms with Gasteiger partial charge in [-0.15, -0.1) is 5.10 Å². The molecule has 144 valence electrons. The monoisotopic (exact) mass is 398 g/mol. The minimum Gasteiger partial charge on any atom is -0.368 e. The molecule has 4 rings (SSSR count). The van der Waals surface area contributed by atoms with E-state index in [1.54, 1.807) is 6.20 Å². The molecule has 0 spiro atoms. The van der Waals surface area contributed by atoms with E-state index in [-0.39, 0.29) is 5.82 Å². The number of halogens is 2. The highest BCUT2D eigenvalue weighted by molar-refractivity contribution is 6.31. The van der Waals surface area contributed by atoms with Gasteiger partial charge in [-0.25, -0.2) is 4.39 Å². The molecule has 1 aliphatic rings. The largest absolute Gasteiger partial charge is 0.368 e. The molecule has 2 heterocycles. The van der Waals surface area contributed by atoms with Gasteiger partial charge in [0.25, 0.3) is 0 Å². The molecular formula is C20H20ClFN6. The van der Waals surface area contributed by atoms with E-state index in [0.717, 1.165) is 37.4 Å². The van der Waals surface area contributed by atoms with Gasteiger partial charge in [-0.3, -0.25) is 0 Å². The summed E-state index contributed by atoms with van der Waals surface area (Å²) in [5.41, 5.74) is 2.02. The Bertz CT molecular complexity index is 928. The molecule has 1 fully saturated rings. The maximum atomic E-state index is 13.1. The zero-order valence-corrected chi connectivity index (χ0v) is 16.0. The van der Waals surface area contributed by atoms with Gasteiger partial charge < -0.3 is 15.1 Å². The second kappa shape index (κ2) is 8.39. The van der Waals surface area contributed by atoms with Gasteiger partial charge in [-0.2, -0.15) is 10.1 Å². The quantitative estimate of drug-likeness (QED) is 0.708. The lowest BCUT2D eigenvalue weighted by molar-refractivity contribution is 0.622. The fraction of sp³-hybridized carbons (Fsp3) is 0.250. The second-order valence-corrected chi connectivity index (χ2v) is 6.94. The van der Waals surface area contributed by atoms with Crippen LogP contribution in [0.4, 0.5) is 21.8 Å². The normalized spacial score (nSPS) is 14.2. The van der Waals surface area contributed by atoms with Crippen molar-refractivity contribution in [3.63, 3.8) is 0 Å². The standard InChI is InChI=1S/C20H20ClFN6/c21-18-4-2-1-3-15(18)13-23-19-14-24-26-20(25-19)28-11-9-27(10-12-28)17-7-5-16(22)6-8-17/h1-8,14H,9-13H2,(H,23,25,26). The smallest absolute Gasteiger partial charge is 0.247 e. The third-order valence-electron chi connectivity index (χ3n) is 4.72. The van der Waals surface area contributed by atoms with Gasteiger partial charge in [0.05, 0.1) is 6.20 Å². The van der Waals surface area contributed by atoms with Gasteiger partial charge in [0, 0.05) is 43.4 Å². The third-order valence-corrected chi connectivity index (χ3v) is 5.09. The Labute approximate surface area is 168 Å². The summed E-state index contributed by atoms with van der Waals surface area (Å²) in [4.78, 5) is 8.91. The average Bonchev–Trinajstić information content (AvgIpc) is 2.74. The Balaban J connectivity index is 1.37. The molecule has 1 aromatic heterocycles. The van der Waals surface area contributed by atoms with Crippen LogP contribution in [0, 0.1) is 5.82 Å². The SMILES string of the molecule is Fc1ccc(N2CCN(c3nncc(NCc4ccccc4Cl)n3)CC2)cc1. The molecule has 0 aliphatic carbocycles. The number of nitrogens with zero attached hydrogens (tertiary/aromatic N) is 5. The summed E-state index contributed by atoms with van der Waals surface area (Å²) in [6.45, 7) is 3.73. The summed E-state index contributed by atoms with van der Waals surface area (Å²) in [7, 11) is 0. The molecule has 28 heavy (non-hydrogen) atoms. The van der Waals surface area contributed by atoms with Crippen molar-refractivity contribution >= 4 is 29.1 Å². The van der Waals surface area contributed by atoms with Gasteiger partial charge in [-0.05, 0) is 35.9 Å². The van der Waals surface area contributed by atoms with E-state index in [0.29, 0.717) is 23.3 Å². The number of hydrogen-bond acceptors (Lipinski definition) is 6. The summed E-state index contributed by atoms with van der Waals surface area (Å²) in [6, 6.07) is 14.3. The van der Waals surface area contributed by atoms with Crippen LogP contribution in [0.15, 0.2) is 54.7 Å². The zero-order valence-electron chi connectivity index (χ0n) is 15.2. The molecule has 1 N–H and O–H groups in total. The van der Waals surface area contributed by atoms with E-state index >= 15 is 0 Å². The first-order valence-electron chi connectivity index (χ1n) is 9.11. The molecule has 8 heteroatoms. The lowest BCUT2D eigenvalue weighted by atomic mass is 10.2. The van der Waals surface area contributed by atoms with E-state index in [2.05, 4.69) is 30.3 Å². The molecule has 0 radical (unpaired) electrons. The van der Waals surface area contributed by atoms with Crippen LogP contribution in [0.2, 0.25) is 5.02 Å². The molecular weight excluding hydrogens is 379 g/mol. The number of rotatable bonds is 5. The van der Waals surface area contributed by atoms with Crippen molar-refractivity contribution in [2.75, 3.05) is 41.3 Å². The summed E-state index contributed by atoms with van der Waals surface area (Å²) in [6.07, 6.45) is 1.61. The highest BCUT2D eigenvalue weighted by Crippen LogP contribution is 2.20. The highest BCUT2D eigenvalue weighted by Gasteiger charge is 2.20. The predicted molar refractivity (Wildman–Crippen MR) is 109 cm³/mol. The lowest BCUT2D eigenvalue weighted by Gasteiger charge is -2.35. The van der Waals surface area contributed by atoms with Crippen LogP contribution in [-0.4, -0.2) is 41.4 Å². The van der Waals surface area contributed by atoms with Crippen LogP contribution < -0.4 is 15.1 Å². The molecule has 0 unspecified atom stereocenters. The molecule has 2 aromatic carbocycles. The Kier molecular flexibility index (Phi) is 5.53. The fourth-order valence-electron chi connectivity index (χ4n) is 3.16. The Morgan fingerprint density at radius 1 is 0.964 bits per heavy atom. The van der Waals surface area contributed by atoms with Crippen LogP contribution in [0.1, 0.15) is 5.56 Å². The Morgan fingerprint density at radius 2 is 1.68 bits per heavy atom. The van der Waals surface area contributed by atoms with Crippen molar-refractivity contribution in [3.8, 4) is 0 Å².